The Kier molecular flexibility index (Phi) is 11.1. The van der Waals surface area contributed by atoms with Crippen molar-refractivity contribution >= 4 is 57.2 Å². The van der Waals surface area contributed by atoms with Crippen LogP contribution in [0.25, 0.3) is 0 Å². The van der Waals surface area contributed by atoms with Gasteiger partial charge in [0.05, 0.1) is 0 Å². The maximum absolute atomic E-state index is 8.85. The summed E-state index contributed by atoms with van der Waals surface area (Å²) in [6, 6.07) is 0. The average molecular weight is 135 g/mol. The molecule has 0 aromatic heterocycles. The molecule has 1 unspecified atom stereocenters. The summed E-state index contributed by atoms with van der Waals surface area (Å²) in [6.07, 6.45) is 0. The summed E-state index contributed by atoms with van der Waals surface area (Å²) in [5.74, 6) is 0. The molecule has 5 heteroatoms. The predicted molar refractivity (Wildman–Crippen MR) is 20.7 cm³/mol. The molecule has 0 N–H and O–H groups in total. The molecular weight excluding hydrogens is 135 g/mol. The van der Waals surface area contributed by atoms with Gasteiger partial charge in [-0.1, -0.05) is 0 Å². The minimum atomic E-state index is -2.54. The Labute approximate surface area is 66.0 Å². The van der Waals surface area contributed by atoms with E-state index in [2.05, 4.69) is 12.2 Å². The molecule has 0 saturated carbocycles. The van der Waals surface area contributed by atoms with Crippen LogP contribution in [0.3, 0.4) is 0 Å². The van der Waals surface area contributed by atoms with Gasteiger partial charge in [-0.05, 0) is 0 Å². The Balaban J connectivity index is 0. The second-order valence-corrected chi connectivity index (χ2v) is 1.57. The Morgan fingerprint density at radius 2 is 1.80 bits per heavy atom. The largest absolute Gasteiger partial charge is 2.00 e. The summed E-state index contributed by atoms with van der Waals surface area (Å²) in [5, 5.41) is 0. The van der Waals surface area contributed by atoms with Gasteiger partial charge in [0.1, 0.15) is 0 Å². The molecule has 1 atom stereocenters. The van der Waals surface area contributed by atoms with Gasteiger partial charge in [0, 0.05) is 0 Å². The van der Waals surface area contributed by atoms with Crippen LogP contribution in [0.1, 0.15) is 0 Å². The van der Waals surface area contributed by atoms with Crippen molar-refractivity contribution in [2.75, 3.05) is 0 Å². The fourth-order valence-corrected chi connectivity index (χ4v) is 0. The second-order valence-electron chi connectivity index (χ2n) is 0.224. The van der Waals surface area contributed by atoms with E-state index in [0.29, 0.717) is 0 Å². The maximum Gasteiger partial charge on any atom is 2.00 e. The Morgan fingerprint density at radius 1 is 1.80 bits per heavy atom. The van der Waals surface area contributed by atoms with Gasteiger partial charge in [0.25, 0.3) is 0 Å². The maximum atomic E-state index is 8.85. The van der Waals surface area contributed by atoms with Crippen molar-refractivity contribution in [3.8, 4) is 0 Å². The zero-order chi connectivity index (χ0) is 3.58. The molecule has 0 aromatic carbocycles. The molecule has 5 heavy (non-hydrogen) atoms. The first-order valence-electron chi connectivity index (χ1n) is 0.548. The molecule has 0 aliphatic rings. The summed E-state index contributed by atoms with van der Waals surface area (Å²) < 4.78 is 8.85. The SMILES string of the molecule is O=[P+]([O-])[S-].[Ca+2]. The molecule has 0 rings (SSSR count). The standard InChI is InChI=1S/Ca.HO2PS/c;1-3(2)4/h;(H,1,2,4)/q+2;/p-1. The third kappa shape index (κ3) is 27.4. The zero-order valence-electron chi connectivity index (χ0n) is 2.38. The molecule has 24 valence electrons. The predicted octanol–water partition coefficient (Wildman–Crippen LogP) is -0.830. The first-order valence-corrected chi connectivity index (χ1v) is 2.74. The van der Waals surface area contributed by atoms with Crippen molar-refractivity contribution in [3.63, 3.8) is 0 Å². The van der Waals surface area contributed by atoms with Crippen molar-refractivity contribution in [2.45, 2.75) is 0 Å². The van der Waals surface area contributed by atoms with E-state index in [1.165, 1.54) is 0 Å². The van der Waals surface area contributed by atoms with Crippen LogP contribution in [0.15, 0.2) is 0 Å². The van der Waals surface area contributed by atoms with E-state index in [4.69, 9.17) is 9.46 Å². The summed E-state index contributed by atoms with van der Waals surface area (Å²) in [6.45, 7) is 0. The molecule has 0 spiro atoms. The number of rotatable bonds is 0. The quantitative estimate of drug-likeness (QED) is 0.247. The first-order chi connectivity index (χ1) is 1.73. The second kappa shape index (κ2) is 5.67. The molecule has 0 aromatic rings. The number of hydrogen-bond donors (Lipinski definition) is 0. The molecule has 0 bridgehead atoms. The van der Waals surface area contributed by atoms with Gasteiger partial charge in [0.2, 0.25) is 0 Å². The molecule has 0 aliphatic heterocycles. The minimum absolute atomic E-state index is 0. The first kappa shape index (κ1) is 9.83. The minimum Gasteiger partial charge on any atom is -0.614 e. The van der Waals surface area contributed by atoms with Crippen LogP contribution in [0.5, 0.6) is 0 Å². The fraction of sp³-hybridized carbons (Fsp3) is 0. The van der Waals surface area contributed by atoms with Gasteiger partial charge in [-0.3, -0.25) is 0 Å². The van der Waals surface area contributed by atoms with Crippen molar-refractivity contribution < 1.29 is 9.46 Å². The summed E-state index contributed by atoms with van der Waals surface area (Å²) >= 11 is 3.57. The third-order valence-corrected chi connectivity index (χ3v) is 0. The third-order valence-electron chi connectivity index (χ3n) is 0. The van der Waals surface area contributed by atoms with Gasteiger partial charge in [0.15, 0.2) is 7.23 Å². The average Bonchev–Trinajstić information content (AvgIpc) is 0.811. The fourth-order valence-electron chi connectivity index (χ4n) is 0. The molecule has 0 saturated heterocycles. The van der Waals surface area contributed by atoms with Gasteiger partial charge < -0.3 is 17.1 Å². The van der Waals surface area contributed by atoms with Gasteiger partial charge in [-0.25, -0.2) is 0 Å². The van der Waals surface area contributed by atoms with E-state index in [9.17, 15) is 0 Å². The van der Waals surface area contributed by atoms with Crippen LogP contribution >= 0.6 is 7.23 Å². The van der Waals surface area contributed by atoms with Gasteiger partial charge >= 0.3 is 37.7 Å². The summed E-state index contributed by atoms with van der Waals surface area (Å²) in [7, 11) is -2.54. The van der Waals surface area contributed by atoms with E-state index >= 15 is 0 Å². The Hall–Kier alpha value is 1.67. The Bertz CT molecular complexity index is 32.6. The molecule has 0 amide bonds. The molecule has 0 radical (unpaired) electrons. The van der Waals surface area contributed by atoms with Crippen LogP contribution in [0.2, 0.25) is 0 Å². The van der Waals surface area contributed by atoms with E-state index in [0.717, 1.165) is 0 Å². The van der Waals surface area contributed by atoms with Crippen molar-refractivity contribution in [2.24, 2.45) is 0 Å². The zero-order valence-corrected chi connectivity index (χ0v) is 6.30. The van der Waals surface area contributed by atoms with E-state index in [1.54, 1.807) is 0 Å². The normalized spacial score (nSPS) is 8.80. The molecule has 0 aliphatic carbocycles. The van der Waals surface area contributed by atoms with Crippen LogP contribution in [0, 0.1) is 0 Å². The summed E-state index contributed by atoms with van der Waals surface area (Å²) in [5.41, 5.74) is 0. The van der Waals surface area contributed by atoms with E-state index < -0.39 is 7.23 Å². The Morgan fingerprint density at radius 3 is 1.80 bits per heavy atom. The van der Waals surface area contributed by atoms with Gasteiger partial charge in [-0.2, -0.15) is 0 Å². The number of hydrogen-bond acceptors (Lipinski definition) is 3. The smallest absolute Gasteiger partial charge is 0.614 e. The molecule has 2 nitrogen and oxygen atoms in total. The van der Waals surface area contributed by atoms with Crippen LogP contribution in [-0.2, 0) is 16.8 Å². The van der Waals surface area contributed by atoms with Crippen LogP contribution < -0.4 is 4.89 Å². The molecule has 0 heterocycles. The van der Waals surface area contributed by atoms with Crippen LogP contribution in [0.4, 0.5) is 0 Å². The van der Waals surface area contributed by atoms with Gasteiger partial charge in [-0.15, -0.1) is 4.57 Å². The van der Waals surface area contributed by atoms with E-state index in [-0.39, 0.29) is 37.7 Å². The monoisotopic (exact) mass is 135 g/mol. The van der Waals surface area contributed by atoms with Crippen molar-refractivity contribution in [3.05, 3.63) is 0 Å². The van der Waals surface area contributed by atoms with Crippen molar-refractivity contribution in [1.82, 2.24) is 0 Å². The van der Waals surface area contributed by atoms with Crippen molar-refractivity contribution in [1.29, 1.82) is 0 Å². The molecular formula is CaO2PS+. The molecule has 0 fully saturated rings. The van der Waals surface area contributed by atoms with Crippen LogP contribution in [-0.4, -0.2) is 37.7 Å². The summed E-state index contributed by atoms with van der Waals surface area (Å²) in [4.78, 5) is 8.85. The topological polar surface area (TPSA) is 40.1 Å². The van der Waals surface area contributed by atoms with E-state index in [1.807, 2.05) is 0 Å².